The first-order valence-corrected chi connectivity index (χ1v) is 5.04. The van der Waals surface area contributed by atoms with Gasteiger partial charge in [0, 0.05) is 18.7 Å². The van der Waals surface area contributed by atoms with Crippen LogP contribution in [0.3, 0.4) is 0 Å². The third-order valence-electron chi connectivity index (χ3n) is 2.12. The van der Waals surface area contributed by atoms with Gasteiger partial charge >= 0.3 is 0 Å². The molecule has 84 valence electrons. The van der Waals surface area contributed by atoms with Crippen molar-refractivity contribution in [2.75, 3.05) is 20.9 Å². The second kappa shape index (κ2) is 5.45. The van der Waals surface area contributed by atoms with Gasteiger partial charge in [0.1, 0.15) is 5.82 Å². The monoisotopic (exact) mass is 231 g/mol. The second-order valence-corrected chi connectivity index (χ2v) is 4.03. The van der Waals surface area contributed by atoms with E-state index in [0.29, 0.717) is 23.9 Å². The van der Waals surface area contributed by atoms with Crippen LogP contribution in [-0.4, -0.2) is 25.8 Å². The number of halogens is 2. The van der Waals surface area contributed by atoms with Gasteiger partial charge in [0.05, 0.1) is 6.73 Å². The van der Waals surface area contributed by atoms with Gasteiger partial charge in [0.15, 0.2) is 0 Å². The third kappa shape index (κ3) is 3.45. The van der Waals surface area contributed by atoms with E-state index in [4.69, 9.17) is 16.3 Å². The molecule has 4 heteroatoms. The standard InChI is InChI=1S/C11H15ClFNO/c1-8-4-10(12)9(5-11(8)13)6-14(2)7-15-3/h4-5H,6-7H2,1-3H3. The van der Waals surface area contributed by atoms with Gasteiger partial charge < -0.3 is 4.74 Å². The Labute approximate surface area is 94.6 Å². The lowest BCUT2D eigenvalue weighted by Crippen LogP contribution is -2.20. The molecule has 0 aliphatic heterocycles. The molecule has 0 amide bonds. The minimum atomic E-state index is -0.222. The van der Waals surface area contributed by atoms with E-state index in [1.165, 1.54) is 6.07 Å². The van der Waals surface area contributed by atoms with Crippen molar-refractivity contribution in [1.82, 2.24) is 4.90 Å². The Bertz CT molecular complexity index is 344. The second-order valence-electron chi connectivity index (χ2n) is 3.62. The lowest BCUT2D eigenvalue weighted by atomic mass is 10.1. The van der Waals surface area contributed by atoms with Crippen LogP contribution in [0.25, 0.3) is 0 Å². The minimum absolute atomic E-state index is 0.222. The first-order valence-electron chi connectivity index (χ1n) is 4.66. The highest BCUT2D eigenvalue weighted by Gasteiger charge is 2.07. The van der Waals surface area contributed by atoms with Crippen LogP contribution in [0.2, 0.25) is 5.02 Å². The Morgan fingerprint density at radius 1 is 1.47 bits per heavy atom. The average Bonchev–Trinajstić information content (AvgIpc) is 2.14. The van der Waals surface area contributed by atoms with Crippen LogP contribution in [0.5, 0.6) is 0 Å². The molecule has 0 unspecified atom stereocenters. The lowest BCUT2D eigenvalue weighted by Gasteiger charge is -2.16. The van der Waals surface area contributed by atoms with Crippen LogP contribution < -0.4 is 0 Å². The quantitative estimate of drug-likeness (QED) is 0.739. The molecule has 1 aromatic rings. The summed E-state index contributed by atoms with van der Waals surface area (Å²) in [6, 6.07) is 3.12. The normalized spacial score (nSPS) is 11.1. The molecule has 0 heterocycles. The molecule has 0 aliphatic carbocycles. The van der Waals surface area contributed by atoms with Gasteiger partial charge in [-0.2, -0.15) is 0 Å². The molecule has 0 aliphatic rings. The maximum Gasteiger partial charge on any atom is 0.126 e. The molecule has 1 rings (SSSR count). The van der Waals surface area contributed by atoms with E-state index in [-0.39, 0.29) is 5.82 Å². The predicted octanol–water partition coefficient (Wildman–Crippen LogP) is 2.82. The van der Waals surface area contributed by atoms with Crippen LogP contribution in [0.1, 0.15) is 11.1 Å². The molecule has 0 atom stereocenters. The fraction of sp³-hybridized carbons (Fsp3) is 0.455. The molecule has 0 bridgehead atoms. The molecule has 15 heavy (non-hydrogen) atoms. The van der Waals surface area contributed by atoms with E-state index in [1.54, 1.807) is 20.1 Å². The first-order chi connectivity index (χ1) is 7.04. The summed E-state index contributed by atoms with van der Waals surface area (Å²) in [4.78, 5) is 1.91. The van der Waals surface area contributed by atoms with E-state index in [1.807, 2.05) is 11.9 Å². The number of methoxy groups -OCH3 is 1. The van der Waals surface area contributed by atoms with E-state index in [0.717, 1.165) is 5.56 Å². The van der Waals surface area contributed by atoms with Crippen molar-refractivity contribution in [2.45, 2.75) is 13.5 Å². The van der Waals surface area contributed by atoms with Crippen LogP contribution >= 0.6 is 11.6 Å². The number of nitrogens with zero attached hydrogens (tertiary/aromatic N) is 1. The van der Waals surface area contributed by atoms with Crippen LogP contribution in [0.15, 0.2) is 12.1 Å². The SMILES string of the molecule is COCN(C)Cc1cc(F)c(C)cc1Cl. The van der Waals surface area contributed by atoms with Gasteiger partial charge in [-0.15, -0.1) is 0 Å². The van der Waals surface area contributed by atoms with Gasteiger partial charge in [0.25, 0.3) is 0 Å². The molecule has 2 nitrogen and oxygen atoms in total. The van der Waals surface area contributed by atoms with Crippen molar-refractivity contribution in [3.8, 4) is 0 Å². The summed E-state index contributed by atoms with van der Waals surface area (Å²) in [6.45, 7) is 2.76. The summed E-state index contributed by atoms with van der Waals surface area (Å²) in [5, 5.41) is 0.594. The van der Waals surface area contributed by atoms with Crippen LogP contribution in [0, 0.1) is 12.7 Å². The molecule has 0 aromatic heterocycles. The Hall–Kier alpha value is -0.640. The smallest absolute Gasteiger partial charge is 0.126 e. The van der Waals surface area contributed by atoms with E-state index in [2.05, 4.69) is 0 Å². The number of hydrogen-bond donors (Lipinski definition) is 0. The zero-order chi connectivity index (χ0) is 11.4. The van der Waals surface area contributed by atoms with E-state index < -0.39 is 0 Å². The fourth-order valence-electron chi connectivity index (χ4n) is 1.37. The van der Waals surface area contributed by atoms with Gasteiger partial charge in [-0.1, -0.05) is 11.6 Å². The number of rotatable bonds is 4. The summed E-state index contributed by atoms with van der Waals surface area (Å²) in [5.74, 6) is -0.222. The molecule has 0 saturated heterocycles. The lowest BCUT2D eigenvalue weighted by molar-refractivity contribution is 0.0771. The number of ether oxygens (including phenoxy) is 1. The molecular formula is C11H15ClFNO. The number of aryl methyl sites for hydroxylation is 1. The average molecular weight is 232 g/mol. The van der Waals surface area contributed by atoms with Crippen molar-refractivity contribution >= 4 is 11.6 Å². The Morgan fingerprint density at radius 2 is 2.13 bits per heavy atom. The maximum atomic E-state index is 13.3. The van der Waals surface area contributed by atoms with Gasteiger partial charge in [-0.25, -0.2) is 4.39 Å². The summed E-state index contributed by atoms with van der Waals surface area (Å²) in [6.07, 6.45) is 0. The topological polar surface area (TPSA) is 12.5 Å². The van der Waals surface area contributed by atoms with E-state index in [9.17, 15) is 4.39 Å². The molecule has 0 spiro atoms. The van der Waals surface area contributed by atoms with Gasteiger partial charge in [0.2, 0.25) is 0 Å². The zero-order valence-corrected chi connectivity index (χ0v) is 9.94. The maximum absolute atomic E-state index is 13.3. The van der Waals surface area contributed by atoms with Crippen LogP contribution in [-0.2, 0) is 11.3 Å². The van der Waals surface area contributed by atoms with Crippen molar-refractivity contribution < 1.29 is 9.13 Å². The van der Waals surface area contributed by atoms with Crippen molar-refractivity contribution in [3.05, 3.63) is 34.1 Å². The number of hydrogen-bond acceptors (Lipinski definition) is 2. The summed E-state index contributed by atoms with van der Waals surface area (Å²) < 4.78 is 18.2. The fourth-order valence-corrected chi connectivity index (χ4v) is 1.64. The zero-order valence-electron chi connectivity index (χ0n) is 9.18. The number of benzene rings is 1. The Kier molecular flexibility index (Phi) is 4.51. The first kappa shape index (κ1) is 12.4. The Morgan fingerprint density at radius 3 is 2.73 bits per heavy atom. The minimum Gasteiger partial charge on any atom is -0.369 e. The predicted molar refractivity (Wildman–Crippen MR) is 59.5 cm³/mol. The molecule has 1 aromatic carbocycles. The summed E-state index contributed by atoms with van der Waals surface area (Å²) in [7, 11) is 3.51. The largest absolute Gasteiger partial charge is 0.369 e. The van der Waals surface area contributed by atoms with Crippen molar-refractivity contribution in [3.63, 3.8) is 0 Å². The van der Waals surface area contributed by atoms with Gasteiger partial charge in [-0.05, 0) is 37.2 Å². The summed E-state index contributed by atoms with van der Waals surface area (Å²) in [5.41, 5.74) is 1.34. The highest BCUT2D eigenvalue weighted by atomic mass is 35.5. The van der Waals surface area contributed by atoms with Crippen LogP contribution in [0.4, 0.5) is 4.39 Å². The van der Waals surface area contributed by atoms with Gasteiger partial charge in [-0.3, -0.25) is 4.90 Å². The Balaban J connectivity index is 2.81. The molecule has 0 radical (unpaired) electrons. The summed E-state index contributed by atoms with van der Waals surface area (Å²) >= 11 is 6.01. The molecule has 0 N–H and O–H groups in total. The van der Waals surface area contributed by atoms with E-state index >= 15 is 0 Å². The third-order valence-corrected chi connectivity index (χ3v) is 2.47. The molecule has 0 fully saturated rings. The highest BCUT2D eigenvalue weighted by molar-refractivity contribution is 6.31. The van der Waals surface area contributed by atoms with Crippen molar-refractivity contribution in [2.24, 2.45) is 0 Å². The highest BCUT2D eigenvalue weighted by Crippen LogP contribution is 2.21. The van der Waals surface area contributed by atoms with Crippen molar-refractivity contribution in [1.29, 1.82) is 0 Å². The molecular weight excluding hydrogens is 217 g/mol. The molecule has 0 saturated carbocycles.